The highest BCUT2D eigenvalue weighted by atomic mass is 16.5. The summed E-state index contributed by atoms with van der Waals surface area (Å²) in [5, 5.41) is 0. The van der Waals surface area contributed by atoms with Gasteiger partial charge in [-0.15, -0.1) is 0 Å². The topological polar surface area (TPSA) is 61.1 Å². The van der Waals surface area contributed by atoms with Crippen molar-refractivity contribution >= 4 is 5.91 Å². The number of para-hydroxylation sites is 2. The van der Waals surface area contributed by atoms with Gasteiger partial charge in [0.2, 0.25) is 0 Å². The third-order valence-corrected chi connectivity index (χ3v) is 5.88. The second-order valence-electron chi connectivity index (χ2n) is 8.06. The number of amides is 1. The molecule has 1 saturated carbocycles. The van der Waals surface area contributed by atoms with E-state index in [0.717, 1.165) is 24.2 Å². The number of hydrogen-bond acceptors (Lipinski definition) is 5. The van der Waals surface area contributed by atoms with E-state index in [0.29, 0.717) is 35.5 Å². The van der Waals surface area contributed by atoms with Crippen molar-refractivity contribution in [2.75, 3.05) is 14.2 Å². The van der Waals surface area contributed by atoms with Crippen LogP contribution in [0.15, 0.2) is 65.1 Å². The molecule has 1 aliphatic rings. The zero-order valence-corrected chi connectivity index (χ0v) is 18.7. The van der Waals surface area contributed by atoms with Gasteiger partial charge < -0.3 is 23.5 Å². The Kier molecular flexibility index (Phi) is 6.69. The first kappa shape index (κ1) is 21.8. The number of hydrogen-bond donors (Lipinski definition) is 0. The van der Waals surface area contributed by atoms with Crippen molar-refractivity contribution in [2.45, 2.75) is 39.0 Å². The van der Waals surface area contributed by atoms with Gasteiger partial charge in [-0.05, 0) is 67.6 Å². The molecule has 1 atom stereocenters. The molecule has 0 aliphatic heterocycles. The van der Waals surface area contributed by atoms with Crippen LogP contribution in [0.4, 0.5) is 0 Å². The number of carbonyl (C=O) groups is 1. The van der Waals surface area contributed by atoms with Gasteiger partial charge in [0.05, 0.1) is 14.2 Å². The summed E-state index contributed by atoms with van der Waals surface area (Å²) in [7, 11) is 3.25. The monoisotopic (exact) mass is 435 g/mol. The van der Waals surface area contributed by atoms with Crippen molar-refractivity contribution in [1.29, 1.82) is 0 Å². The Labute approximate surface area is 188 Å². The van der Waals surface area contributed by atoms with Gasteiger partial charge in [0, 0.05) is 12.6 Å². The van der Waals surface area contributed by atoms with Crippen LogP contribution in [0.3, 0.4) is 0 Å². The molecule has 2 aromatic carbocycles. The first-order valence-corrected chi connectivity index (χ1v) is 10.9. The van der Waals surface area contributed by atoms with E-state index in [4.69, 9.17) is 18.6 Å². The molecule has 1 unspecified atom stereocenters. The molecule has 1 aliphatic carbocycles. The maximum Gasteiger partial charge on any atom is 0.290 e. The molecule has 1 aromatic heterocycles. The Morgan fingerprint density at radius 1 is 1.00 bits per heavy atom. The molecule has 1 fully saturated rings. The first-order valence-electron chi connectivity index (χ1n) is 10.9. The zero-order valence-electron chi connectivity index (χ0n) is 18.7. The molecule has 6 nitrogen and oxygen atoms in total. The Balaban J connectivity index is 1.46. The van der Waals surface area contributed by atoms with E-state index < -0.39 is 0 Å². The van der Waals surface area contributed by atoms with Crippen molar-refractivity contribution < 1.29 is 23.4 Å². The van der Waals surface area contributed by atoms with Gasteiger partial charge in [0.15, 0.2) is 17.3 Å². The molecule has 0 bridgehead atoms. The molecule has 0 radical (unpaired) electrons. The van der Waals surface area contributed by atoms with Gasteiger partial charge in [-0.2, -0.15) is 0 Å². The van der Waals surface area contributed by atoms with Crippen LogP contribution in [0.2, 0.25) is 0 Å². The fraction of sp³-hybridized carbons (Fsp3) is 0.346. The fourth-order valence-corrected chi connectivity index (χ4v) is 3.76. The Morgan fingerprint density at radius 3 is 2.38 bits per heavy atom. The lowest BCUT2D eigenvalue weighted by atomic mass is 10.1. The Morgan fingerprint density at radius 2 is 1.72 bits per heavy atom. The molecule has 0 N–H and O–H groups in total. The molecule has 3 aromatic rings. The predicted molar refractivity (Wildman–Crippen MR) is 121 cm³/mol. The highest BCUT2D eigenvalue weighted by molar-refractivity contribution is 5.91. The largest absolute Gasteiger partial charge is 0.497 e. The van der Waals surface area contributed by atoms with Crippen molar-refractivity contribution in [3.05, 3.63) is 77.7 Å². The number of ether oxygens (including phenoxy) is 3. The normalized spacial score (nSPS) is 14.0. The molecule has 0 spiro atoms. The average Bonchev–Trinajstić information content (AvgIpc) is 3.58. The maximum absolute atomic E-state index is 13.4. The minimum atomic E-state index is -0.108. The van der Waals surface area contributed by atoms with Crippen LogP contribution in [-0.2, 0) is 13.2 Å². The lowest BCUT2D eigenvalue weighted by Gasteiger charge is -2.29. The number of benzene rings is 2. The van der Waals surface area contributed by atoms with Crippen LogP contribution in [0.25, 0.3) is 0 Å². The van der Waals surface area contributed by atoms with Gasteiger partial charge >= 0.3 is 0 Å². The minimum absolute atomic E-state index is 0.108. The van der Waals surface area contributed by atoms with Crippen molar-refractivity contribution in [2.24, 2.45) is 5.92 Å². The Bertz CT molecular complexity index is 1040. The SMILES string of the molecule is COc1ccc(CN(C(=O)c2ccc(COc3ccccc3OC)o2)C(C)C2CC2)cc1. The number of nitrogens with zero attached hydrogens (tertiary/aromatic N) is 1. The molecule has 0 saturated heterocycles. The summed E-state index contributed by atoms with van der Waals surface area (Å²) in [6.07, 6.45) is 2.31. The number of rotatable bonds is 10. The molecule has 1 heterocycles. The standard InChI is InChI=1S/C26H29NO5/c1-18(20-10-11-20)27(16-19-8-12-21(29-2)13-9-19)26(28)25-15-14-22(32-25)17-31-24-7-5-4-6-23(24)30-3/h4-9,12-15,18,20H,10-11,16-17H2,1-3H3. The molecule has 32 heavy (non-hydrogen) atoms. The van der Waals surface area contributed by atoms with Gasteiger partial charge in [0.25, 0.3) is 5.91 Å². The summed E-state index contributed by atoms with van der Waals surface area (Å²) >= 11 is 0. The quantitative estimate of drug-likeness (QED) is 0.432. The minimum Gasteiger partial charge on any atom is -0.497 e. The van der Waals surface area contributed by atoms with Gasteiger partial charge in [0.1, 0.15) is 18.1 Å². The molecule has 4 rings (SSSR count). The summed E-state index contributed by atoms with van der Waals surface area (Å²) in [4.78, 5) is 15.3. The average molecular weight is 436 g/mol. The molecule has 168 valence electrons. The lowest BCUT2D eigenvalue weighted by Crippen LogP contribution is -2.39. The van der Waals surface area contributed by atoms with Crippen LogP contribution in [0.5, 0.6) is 17.2 Å². The summed E-state index contributed by atoms with van der Waals surface area (Å²) in [5.41, 5.74) is 1.05. The van der Waals surface area contributed by atoms with E-state index in [1.807, 2.05) is 53.4 Å². The fourth-order valence-electron chi connectivity index (χ4n) is 3.76. The van der Waals surface area contributed by atoms with Gasteiger partial charge in [-0.3, -0.25) is 4.79 Å². The number of carbonyl (C=O) groups excluding carboxylic acids is 1. The lowest BCUT2D eigenvalue weighted by molar-refractivity contribution is 0.0617. The van der Waals surface area contributed by atoms with Crippen LogP contribution in [-0.4, -0.2) is 31.1 Å². The summed E-state index contributed by atoms with van der Waals surface area (Å²) in [6.45, 7) is 2.85. The maximum atomic E-state index is 13.4. The van der Waals surface area contributed by atoms with Gasteiger partial charge in [-0.1, -0.05) is 24.3 Å². The van der Waals surface area contributed by atoms with Crippen molar-refractivity contribution in [1.82, 2.24) is 4.90 Å². The third kappa shape index (κ3) is 5.07. The molecular formula is C26H29NO5. The third-order valence-electron chi connectivity index (χ3n) is 5.88. The van der Waals surface area contributed by atoms with Crippen molar-refractivity contribution in [3.8, 4) is 17.2 Å². The van der Waals surface area contributed by atoms with E-state index >= 15 is 0 Å². The van der Waals surface area contributed by atoms with E-state index in [1.54, 1.807) is 26.4 Å². The molecular weight excluding hydrogens is 406 g/mol. The number of furan rings is 1. The second-order valence-corrected chi connectivity index (χ2v) is 8.06. The van der Waals surface area contributed by atoms with E-state index in [1.165, 1.54) is 0 Å². The van der Waals surface area contributed by atoms with E-state index in [2.05, 4.69) is 6.92 Å². The second kappa shape index (κ2) is 9.81. The van der Waals surface area contributed by atoms with Gasteiger partial charge in [-0.25, -0.2) is 0 Å². The van der Waals surface area contributed by atoms with Crippen LogP contribution in [0, 0.1) is 5.92 Å². The number of methoxy groups -OCH3 is 2. The molecule has 1 amide bonds. The van der Waals surface area contributed by atoms with Crippen LogP contribution in [0.1, 0.15) is 41.6 Å². The van der Waals surface area contributed by atoms with Crippen molar-refractivity contribution in [3.63, 3.8) is 0 Å². The highest BCUT2D eigenvalue weighted by Gasteiger charge is 2.35. The van der Waals surface area contributed by atoms with Crippen LogP contribution >= 0.6 is 0 Å². The molecule has 6 heteroatoms. The zero-order chi connectivity index (χ0) is 22.5. The summed E-state index contributed by atoms with van der Waals surface area (Å²) < 4.78 is 22.2. The summed E-state index contributed by atoms with van der Waals surface area (Å²) in [6, 6.07) is 18.9. The van der Waals surface area contributed by atoms with E-state index in [9.17, 15) is 4.79 Å². The predicted octanol–water partition coefficient (Wildman–Crippen LogP) is 5.32. The highest BCUT2D eigenvalue weighted by Crippen LogP contribution is 2.36. The van der Waals surface area contributed by atoms with E-state index in [-0.39, 0.29) is 18.6 Å². The Hall–Kier alpha value is -3.41. The smallest absolute Gasteiger partial charge is 0.290 e. The van der Waals surface area contributed by atoms with Crippen LogP contribution < -0.4 is 14.2 Å². The summed E-state index contributed by atoms with van der Waals surface area (Å²) in [5.74, 6) is 3.42. The first-order chi connectivity index (χ1) is 15.6.